The minimum absolute atomic E-state index is 0.378. The molecule has 1 aliphatic rings. The zero-order chi connectivity index (χ0) is 16.4. The van der Waals surface area contributed by atoms with Gasteiger partial charge in [-0.25, -0.2) is 4.98 Å². The molecule has 4 nitrogen and oxygen atoms in total. The lowest BCUT2D eigenvalue weighted by Gasteiger charge is -2.14. The Morgan fingerprint density at radius 3 is 2.92 bits per heavy atom. The minimum Gasteiger partial charge on any atom is -0.490 e. The molecule has 0 bridgehead atoms. The normalized spacial score (nSPS) is 15.0. The van der Waals surface area contributed by atoms with Gasteiger partial charge in [0.15, 0.2) is 0 Å². The first-order valence-electron chi connectivity index (χ1n) is 8.40. The number of hydrogen-bond donors (Lipinski definition) is 1. The first-order valence-corrected chi connectivity index (χ1v) is 8.78. The fraction of sp³-hybridized carbons (Fsp3) is 0.316. The quantitative estimate of drug-likeness (QED) is 0.715. The van der Waals surface area contributed by atoms with Gasteiger partial charge in [-0.1, -0.05) is 17.7 Å². The van der Waals surface area contributed by atoms with Crippen LogP contribution in [0.4, 0.5) is 5.69 Å². The average molecular weight is 342 g/mol. The summed E-state index contributed by atoms with van der Waals surface area (Å²) in [5.41, 5.74) is 2.91. The monoisotopic (exact) mass is 341 g/mol. The molecular weight excluding hydrogens is 322 g/mol. The molecule has 0 radical (unpaired) electrons. The molecule has 2 heterocycles. The number of rotatable bonds is 5. The molecule has 2 aromatic heterocycles. The lowest BCUT2D eigenvalue weighted by molar-refractivity contribution is 0.210. The minimum atomic E-state index is 0.378. The van der Waals surface area contributed by atoms with Gasteiger partial charge in [0.05, 0.1) is 23.4 Å². The van der Waals surface area contributed by atoms with E-state index < -0.39 is 0 Å². The first-order chi connectivity index (χ1) is 11.8. The summed E-state index contributed by atoms with van der Waals surface area (Å²) in [5, 5.41) is 4.12. The number of pyridine rings is 1. The van der Waals surface area contributed by atoms with Crippen molar-refractivity contribution in [2.45, 2.75) is 38.3 Å². The molecule has 0 atom stereocenters. The van der Waals surface area contributed by atoms with Gasteiger partial charge < -0.3 is 14.5 Å². The number of benzene rings is 1. The van der Waals surface area contributed by atoms with Crippen LogP contribution in [0.2, 0.25) is 5.02 Å². The average Bonchev–Trinajstić information content (AvgIpc) is 3.22. The van der Waals surface area contributed by atoms with Crippen LogP contribution in [0.15, 0.2) is 48.8 Å². The Bertz CT molecular complexity index is 839. The second kappa shape index (κ2) is 6.73. The summed E-state index contributed by atoms with van der Waals surface area (Å²) in [6.45, 7) is 0.659. The fourth-order valence-electron chi connectivity index (χ4n) is 3.17. The highest BCUT2D eigenvalue weighted by Crippen LogP contribution is 2.26. The SMILES string of the molecule is Clc1ccc2nc(CNc3cccc(OC4CCCC4)c3)cn2c1. The summed E-state index contributed by atoms with van der Waals surface area (Å²) in [6, 6.07) is 11.9. The van der Waals surface area contributed by atoms with Crippen LogP contribution in [-0.2, 0) is 6.54 Å². The summed E-state index contributed by atoms with van der Waals surface area (Å²) >= 11 is 6.01. The van der Waals surface area contributed by atoms with Gasteiger partial charge in [0.1, 0.15) is 11.4 Å². The summed E-state index contributed by atoms with van der Waals surface area (Å²) < 4.78 is 8.00. The van der Waals surface area contributed by atoms with Crippen LogP contribution in [0.5, 0.6) is 5.75 Å². The van der Waals surface area contributed by atoms with E-state index >= 15 is 0 Å². The highest BCUT2D eigenvalue weighted by Gasteiger charge is 2.16. The maximum Gasteiger partial charge on any atom is 0.137 e. The Balaban J connectivity index is 1.42. The van der Waals surface area contributed by atoms with Crippen molar-refractivity contribution in [3.63, 3.8) is 0 Å². The molecule has 0 spiro atoms. The fourth-order valence-corrected chi connectivity index (χ4v) is 3.34. The largest absolute Gasteiger partial charge is 0.490 e. The van der Waals surface area contributed by atoms with Crippen LogP contribution in [-0.4, -0.2) is 15.5 Å². The van der Waals surface area contributed by atoms with Gasteiger partial charge >= 0.3 is 0 Å². The maximum absolute atomic E-state index is 6.05. The predicted octanol–water partition coefficient (Wildman–Crippen LogP) is 4.92. The number of anilines is 1. The number of ether oxygens (including phenoxy) is 1. The van der Waals surface area contributed by atoms with Crippen LogP contribution in [0.3, 0.4) is 0 Å². The van der Waals surface area contributed by atoms with Gasteiger partial charge in [0, 0.05) is 24.1 Å². The molecule has 124 valence electrons. The summed E-state index contributed by atoms with van der Waals surface area (Å²) in [6.07, 6.45) is 9.13. The predicted molar refractivity (Wildman–Crippen MR) is 96.9 cm³/mol. The molecule has 1 aliphatic carbocycles. The molecular formula is C19H20ClN3O. The van der Waals surface area contributed by atoms with Crippen LogP contribution >= 0.6 is 11.6 Å². The van der Waals surface area contributed by atoms with Gasteiger partial charge in [-0.3, -0.25) is 0 Å². The number of aromatic nitrogens is 2. The topological polar surface area (TPSA) is 38.6 Å². The van der Waals surface area contributed by atoms with Crippen LogP contribution in [0, 0.1) is 0 Å². The number of nitrogens with one attached hydrogen (secondary N) is 1. The van der Waals surface area contributed by atoms with Crippen LogP contribution in [0.25, 0.3) is 5.65 Å². The third-order valence-corrected chi connectivity index (χ3v) is 4.60. The molecule has 5 heteroatoms. The van der Waals surface area contributed by atoms with E-state index in [1.54, 1.807) is 0 Å². The van der Waals surface area contributed by atoms with Gasteiger partial charge in [-0.05, 0) is 49.9 Å². The molecule has 24 heavy (non-hydrogen) atoms. The highest BCUT2D eigenvalue weighted by molar-refractivity contribution is 6.30. The van der Waals surface area contributed by atoms with Gasteiger partial charge in [-0.2, -0.15) is 0 Å². The third-order valence-electron chi connectivity index (χ3n) is 4.38. The van der Waals surface area contributed by atoms with Crippen molar-refractivity contribution in [2.75, 3.05) is 5.32 Å². The van der Waals surface area contributed by atoms with Crippen molar-refractivity contribution in [3.05, 3.63) is 59.5 Å². The second-order valence-electron chi connectivity index (χ2n) is 6.25. The molecule has 0 aliphatic heterocycles. The van der Waals surface area contributed by atoms with Crippen molar-refractivity contribution in [2.24, 2.45) is 0 Å². The Labute approximate surface area is 146 Å². The molecule has 1 aromatic carbocycles. The standard InChI is InChI=1S/C19H20ClN3O/c20-14-8-9-19-22-16(13-23(19)12-14)11-21-15-4-3-7-18(10-15)24-17-5-1-2-6-17/h3-4,7-10,12-13,17,21H,1-2,5-6,11H2. The lowest BCUT2D eigenvalue weighted by atomic mass is 10.2. The van der Waals surface area contributed by atoms with E-state index in [2.05, 4.69) is 16.4 Å². The van der Waals surface area contributed by atoms with E-state index in [-0.39, 0.29) is 0 Å². The maximum atomic E-state index is 6.05. The summed E-state index contributed by atoms with van der Waals surface area (Å²) in [4.78, 5) is 4.59. The number of nitrogens with zero attached hydrogens (tertiary/aromatic N) is 2. The van der Waals surface area contributed by atoms with E-state index in [0.29, 0.717) is 17.7 Å². The van der Waals surface area contributed by atoms with Gasteiger partial charge in [0.25, 0.3) is 0 Å². The van der Waals surface area contributed by atoms with Crippen molar-refractivity contribution < 1.29 is 4.74 Å². The second-order valence-corrected chi connectivity index (χ2v) is 6.69. The molecule has 4 rings (SSSR count). The number of hydrogen-bond acceptors (Lipinski definition) is 3. The Hall–Kier alpha value is -2.20. The van der Waals surface area contributed by atoms with Gasteiger partial charge in [0.2, 0.25) is 0 Å². The van der Waals surface area contributed by atoms with E-state index in [4.69, 9.17) is 16.3 Å². The molecule has 3 aromatic rings. The third kappa shape index (κ3) is 3.49. The smallest absolute Gasteiger partial charge is 0.137 e. The number of fused-ring (bicyclic) bond motifs is 1. The Kier molecular flexibility index (Phi) is 4.30. The van der Waals surface area contributed by atoms with Crippen molar-refractivity contribution in [1.82, 2.24) is 9.38 Å². The molecule has 0 saturated heterocycles. The lowest BCUT2D eigenvalue weighted by Crippen LogP contribution is -2.11. The molecule has 1 saturated carbocycles. The molecule has 1 fully saturated rings. The highest BCUT2D eigenvalue weighted by atomic mass is 35.5. The van der Waals surface area contributed by atoms with E-state index in [1.807, 2.05) is 47.1 Å². The first kappa shape index (κ1) is 15.3. The molecule has 1 N–H and O–H groups in total. The van der Waals surface area contributed by atoms with E-state index in [9.17, 15) is 0 Å². The van der Waals surface area contributed by atoms with Gasteiger partial charge in [-0.15, -0.1) is 0 Å². The van der Waals surface area contributed by atoms with Crippen LogP contribution in [0.1, 0.15) is 31.4 Å². The summed E-state index contributed by atoms with van der Waals surface area (Å²) in [5.74, 6) is 0.939. The molecule has 0 amide bonds. The van der Waals surface area contributed by atoms with Crippen molar-refractivity contribution in [1.29, 1.82) is 0 Å². The van der Waals surface area contributed by atoms with E-state index in [1.165, 1.54) is 25.7 Å². The van der Waals surface area contributed by atoms with Crippen molar-refractivity contribution in [3.8, 4) is 5.75 Å². The Morgan fingerprint density at radius 2 is 2.04 bits per heavy atom. The van der Waals surface area contributed by atoms with E-state index in [0.717, 1.165) is 22.8 Å². The van der Waals surface area contributed by atoms with Crippen LogP contribution < -0.4 is 10.1 Å². The zero-order valence-corrected chi connectivity index (χ0v) is 14.2. The zero-order valence-electron chi connectivity index (χ0n) is 13.4. The van der Waals surface area contributed by atoms with Crippen molar-refractivity contribution >= 4 is 22.9 Å². The number of imidazole rings is 1. The number of halogens is 1. The molecule has 0 unspecified atom stereocenters. The summed E-state index contributed by atoms with van der Waals surface area (Å²) in [7, 11) is 0. The Morgan fingerprint density at radius 1 is 1.17 bits per heavy atom.